The summed E-state index contributed by atoms with van der Waals surface area (Å²) in [5.41, 5.74) is 1.95. The van der Waals surface area contributed by atoms with Crippen molar-refractivity contribution < 1.29 is 9.21 Å². The highest BCUT2D eigenvalue weighted by Gasteiger charge is 2.43. The molecule has 0 saturated carbocycles. The lowest BCUT2D eigenvalue weighted by molar-refractivity contribution is -0.137. The van der Waals surface area contributed by atoms with E-state index in [4.69, 9.17) is 4.42 Å². The third-order valence-corrected chi connectivity index (χ3v) is 5.26. The molecule has 0 spiro atoms. The average molecular weight is 322 g/mol. The van der Waals surface area contributed by atoms with Crippen LogP contribution in [-0.2, 0) is 4.79 Å². The summed E-state index contributed by atoms with van der Waals surface area (Å²) < 4.78 is 8.02. The summed E-state index contributed by atoms with van der Waals surface area (Å²) in [6, 6.07) is 7.80. The van der Waals surface area contributed by atoms with E-state index in [9.17, 15) is 4.79 Å². The van der Waals surface area contributed by atoms with Gasteiger partial charge in [0.1, 0.15) is 11.6 Å². The molecule has 3 aromatic rings. The van der Waals surface area contributed by atoms with Crippen LogP contribution < -0.4 is 0 Å². The van der Waals surface area contributed by atoms with Crippen LogP contribution in [0.2, 0.25) is 0 Å². The largest absolute Gasteiger partial charge is 0.452 e. The number of benzene rings is 1. The standard InChI is InChI=1S/C18H18N4O2/c1-10-5-3-6-12-9-14(24-15(10)12)17-20-19-16-13-7-4-8-21(13)18(23)11(2)22(16)17/h3,5-6,9,11,13H,4,7-8H2,1-2H3/t11-,13+/m0/s1. The van der Waals surface area contributed by atoms with Crippen molar-refractivity contribution in [3.8, 4) is 11.6 Å². The van der Waals surface area contributed by atoms with E-state index in [1.54, 1.807) is 0 Å². The van der Waals surface area contributed by atoms with E-state index in [1.807, 2.05) is 47.6 Å². The summed E-state index contributed by atoms with van der Waals surface area (Å²) >= 11 is 0. The van der Waals surface area contributed by atoms with Crippen molar-refractivity contribution >= 4 is 16.9 Å². The Labute approximate surface area is 139 Å². The molecular weight excluding hydrogens is 304 g/mol. The molecule has 1 amide bonds. The molecule has 6 nitrogen and oxygen atoms in total. The number of furan rings is 1. The van der Waals surface area contributed by atoms with Gasteiger partial charge < -0.3 is 9.32 Å². The number of amides is 1. The second kappa shape index (κ2) is 4.69. The number of aromatic nitrogens is 3. The van der Waals surface area contributed by atoms with Crippen molar-refractivity contribution in [3.05, 3.63) is 35.7 Å². The molecule has 0 bridgehead atoms. The first kappa shape index (κ1) is 13.8. The highest BCUT2D eigenvalue weighted by atomic mass is 16.3. The zero-order valence-electron chi connectivity index (χ0n) is 13.7. The number of hydrogen-bond donors (Lipinski definition) is 0. The van der Waals surface area contributed by atoms with Crippen LogP contribution in [0.1, 0.15) is 43.2 Å². The predicted octanol–water partition coefficient (Wildman–Crippen LogP) is 3.24. The summed E-state index contributed by atoms with van der Waals surface area (Å²) in [6.07, 6.45) is 1.98. The van der Waals surface area contributed by atoms with Crippen LogP contribution in [0.5, 0.6) is 0 Å². The summed E-state index contributed by atoms with van der Waals surface area (Å²) in [5.74, 6) is 2.35. The number of fused-ring (bicyclic) bond motifs is 4. The monoisotopic (exact) mass is 322 g/mol. The first-order valence-corrected chi connectivity index (χ1v) is 8.40. The van der Waals surface area contributed by atoms with Crippen molar-refractivity contribution in [1.82, 2.24) is 19.7 Å². The fourth-order valence-electron chi connectivity index (χ4n) is 4.05. The van der Waals surface area contributed by atoms with Gasteiger partial charge in [0.05, 0.1) is 6.04 Å². The van der Waals surface area contributed by atoms with Crippen LogP contribution in [0.3, 0.4) is 0 Å². The van der Waals surface area contributed by atoms with E-state index in [-0.39, 0.29) is 18.0 Å². The minimum atomic E-state index is -0.298. The van der Waals surface area contributed by atoms with Crippen molar-refractivity contribution in [3.63, 3.8) is 0 Å². The Hall–Kier alpha value is -2.63. The number of carbonyl (C=O) groups is 1. The molecule has 2 atom stereocenters. The molecule has 0 aliphatic carbocycles. The van der Waals surface area contributed by atoms with Crippen LogP contribution in [0.4, 0.5) is 0 Å². The van der Waals surface area contributed by atoms with Crippen molar-refractivity contribution in [2.45, 2.75) is 38.8 Å². The second-order valence-corrected chi connectivity index (χ2v) is 6.72. The third-order valence-electron chi connectivity index (χ3n) is 5.26. The van der Waals surface area contributed by atoms with Crippen LogP contribution in [0.25, 0.3) is 22.6 Å². The molecule has 5 rings (SSSR count). The Morgan fingerprint density at radius 3 is 3.00 bits per heavy atom. The normalized spacial score (nSPS) is 22.9. The molecule has 122 valence electrons. The predicted molar refractivity (Wildman–Crippen MR) is 88.4 cm³/mol. The Balaban J connectivity index is 1.70. The van der Waals surface area contributed by atoms with Crippen molar-refractivity contribution in [2.75, 3.05) is 6.54 Å². The number of nitrogens with zero attached hydrogens (tertiary/aromatic N) is 4. The third kappa shape index (κ3) is 1.68. The van der Waals surface area contributed by atoms with Crippen molar-refractivity contribution in [1.29, 1.82) is 0 Å². The zero-order chi connectivity index (χ0) is 16.4. The summed E-state index contributed by atoms with van der Waals surface area (Å²) in [6.45, 7) is 4.76. The van der Waals surface area contributed by atoms with Gasteiger partial charge in [-0.05, 0) is 38.3 Å². The number of para-hydroxylation sites is 1. The topological polar surface area (TPSA) is 64.2 Å². The molecule has 0 radical (unpaired) electrons. The molecule has 2 aliphatic heterocycles. The zero-order valence-corrected chi connectivity index (χ0v) is 13.7. The average Bonchev–Trinajstić information content (AvgIpc) is 3.28. The molecule has 0 N–H and O–H groups in total. The molecule has 1 fully saturated rings. The molecule has 2 aliphatic rings. The van der Waals surface area contributed by atoms with Gasteiger partial charge >= 0.3 is 0 Å². The molecule has 4 heterocycles. The van der Waals surface area contributed by atoms with E-state index in [0.29, 0.717) is 11.6 Å². The lowest BCUT2D eigenvalue weighted by atomic mass is 10.1. The lowest BCUT2D eigenvalue weighted by Crippen LogP contribution is -2.42. The Morgan fingerprint density at radius 1 is 1.29 bits per heavy atom. The molecule has 1 saturated heterocycles. The fraction of sp³-hybridized carbons (Fsp3) is 0.389. The highest BCUT2D eigenvalue weighted by molar-refractivity contribution is 5.85. The molecule has 1 aromatic carbocycles. The van der Waals surface area contributed by atoms with Gasteiger partial charge in [-0.2, -0.15) is 0 Å². The maximum absolute atomic E-state index is 12.7. The molecule has 24 heavy (non-hydrogen) atoms. The van der Waals surface area contributed by atoms with E-state index in [0.717, 1.165) is 41.7 Å². The van der Waals surface area contributed by atoms with Crippen molar-refractivity contribution in [2.24, 2.45) is 0 Å². The van der Waals surface area contributed by atoms with Gasteiger partial charge in [-0.1, -0.05) is 18.2 Å². The minimum absolute atomic E-state index is 0.0565. The van der Waals surface area contributed by atoms with Gasteiger partial charge in [-0.15, -0.1) is 10.2 Å². The quantitative estimate of drug-likeness (QED) is 0.690. The van der Waals surface area contributed by atoms with Crippen LogP contribution in [0.15, 0.2) is 28.7 Å². The van der Waals surface area contributed by atoms with Gasteiger partial charge in [-0.3, -0.25) is 9.36 Å². The maximum Gasteiger partial charge on any atom is 0.246 e. The smallest absolute Gasteiger partial charge is 0.246 e. The van der Waals surface area contributed by atoms with E-state index in [1.165, 1.54) is 0 Å². The number of aryl methyl sites for hydroxylation is 1. The Kier molecular flexibility index (Phi) is 2.69. The highest BCUT2D eigenvalue weighted by Crippen LogP contribution is 2.40. The van der Waals surface area contributed by atoms with Crippen LogP contribution in [0, 0.1) is 6.92 Å². The Bertz CT molecular complexity index is 971. The molecule has 6 heteroatoms. The number of carbonyl (C=O) groups excluding carboxylic acids is 1. The fourth-order valence-corrected chi connectivity index (χ4v) is 4.05. The number of rotatable bonds is 1. The summed E-state index contributed by atoms with van der Waals surface area (Å²) in [7, 11) is 0. The van der Waals surface area contributed by atoms with Gasteiger partial charge in [-0.25, -0.2) is 0 Å². The summed E-state index contributed by atoms with van der Waals surface area (Å²) in [5, 5.41) is 9.83. The van der Waals surface area contributed by atoms with Crippen LogP contribution in [-0.4, -0.2) is 32.1 Å². The SMILES string of the molecule is Cc1cccc2cc(-c3nnc4n3[C@@H](C)C(=O)N3CCC[C@H]43)oc12. The van der Waals surface area contributed by atoms with Gasteiger partial charge in [0.25, 0.3) is 0 Å². The van der Waals surface area contributed by atoms with Gasteiger partial charge in [0.15, 0.2) is 11.6 Å². The first-order chi connectivity index (χ1) is 11.6. The van der Waals surface area contributed by atoms with E-state index < -0.39 is 0 Å². The first-order valence-electron chi connectivity index (χ1n) is 8.40. The summed E-state index contributed by atoms with van der Waals surface area (Å²) in [4.78, 5) is 14.6. The minimum Gasteiger partial charge on any atom is -0.452 e. The van der Waals surface area contributed by atoms with Gasteiger partial charge in [0.2, 0.25) is 11.7 Å². The van der Waals surface area contributed by atoms with E-state index in [2.05, 4.69) is 10.2 Å². The van der Waals surface area contributed by atoms with Crippen LogP contribution >= 0.6 is 0 Å². The molecule has 0 unspecified atom stereocenters. The second-order valence-electron chi connectivity index (χ2n) is 6.72. The molecule has 2 aromatic heterocycles. The number of hydrogen-bond acceptors (Lipinski definition) is 4. The van der Waals surface area contributed by atoms with Gasteiger partial charge in [0, 0.05) is 11.9 Å². The lowest BCUT2D eigenvalue weighted by Gasteiger charge is -2.33. The Morgan fingerprint density at radius 2 is 2.17 bits per heavy atom. The maximum atomic E-state index is 12.7. The molecular formula is C18H18N4O2. The van der Waals surface area contributed by atoms with E-state index >= 15 is 0 Å².